The molecule has 0 saturated carbocycles. The highest BCUT2D eigenvalue weighted by atomic mass is 16.7. The van der Waals surface area contributed by atoms with Crippen molar-refractivity contribution in [1.82, 2.24) is 5.32 Å². The molecule has 12 nitrogen and oxygen atoms in total. The number of hydrogen-bond acceptors (Lipinski definition) is 11. The molecule has 12 heteroatoms. The average Bonchev–Trinajstić information content (AvgIpc) is 2.97. The van der Waals surface area contributed by atoms with Gasteiger partial charge in [0.1, 0.15) is 42.4 Å². The minimum Gasteiger partial charge on any atom is -0.462 e. The predicted octanol–water partition coefficient (Wildman–Crippen LogP) is -1.69. The van der Waals surface area contributed by atoms with Crippen molar-refractivity contribution in [3.05, 3.63) is 54.1 Å². The monoisotopic (exact) mass is 563 g/mol. The summed E-state index contributed by atoms with van der Waals surface area (Å²) in [5.41, 5.74) is 2.61. The summed E-state index contributed by atoms with van der Waals surface area (Å²) in [4.78, 5) is 11.7. The van der Waals surface area contributed by atoms with Crippen LogP contribution in [0.25, 0.3) is 11.1 Å². The molecule has 2 aromatic rings. The second kappa shape index (κ2) is 13.3. The molecule has 8 N–H and O–H groups in total. The van der Waals surface area contributed by atoms with Crippen molar-refractivity contribution in [1.29, 1.82) is 0 Å². The quantitative estimate of drug-likeness (QED) is 0.173. The van der Waals surface area contributed by atoms with Gasteiger partial charge in [0, 0.05) is 13.0 Å². The van der Waals surface area contributed by atoms with E-state index in [-0.39, 0.29) is 18.7 Å². The lowest BCUT2D eigenvalue weighted by Crippen LogP contribution is -2.62. The number of ether oxygens (including phenoxy) is 3. The van der Waals surface area contributed by atoms with Gasteiger partial charge in [-0.3, -0.25) is 4.79 Å². The first kappa shape index (κ1) is 30.3. The Morgan fingerprint density at radius 2 is 1.45 bits per heavy atom. The van der Waals surface area contributed by atoms with Crippen LogP contribution >= 0.6 is 0 Å². The van der Waals surface area contributed by atoms with Crippen LogP contribution in [-0.2, 0) is 20.7 Å². The third kappa shape index (κ3) is 6.62. The largest absolute Gasteiger partial charge is 0.462 e. The molecule has 0 radical (unpaired) electrons. The molecule has 1 amide bonds. The summed E-state index contributed by atoms with van der Waals surface area (Å²) in [5.74, 6) is -0.767. The fourth-order valence-electron chi connectivity index (χ4n) is 5.18. The van der Waals surface area contributed by atoms with Crippen molar-refractivity contribution in [2.45, 2.75) is 68.0 Å². The second-order valence-electron chi connectivity index (χ2n) is 10.2. The van der Waals surface area contributed by atoms with Crippen LogP contribution in [-0.4, -0.2) is 117 Å². The number of rotatable bonds is 9. The van der Waals surface area contributed by atoms with Crippen LogP contribution in [0.15, 0.2) is 48.5 Å². The van der Waals surface area contributed by atoms with E-state index in [0.717, 1.165) is 16.7 Å². The van der Waals surface area contributed by atoms with Crippen LogP contribution in [0.2, 0.25) is 0 Å². The SMILES string of the molecule is CNC(=O)Cc1cccc(-c2ccc(O[C@H]3O[C@H](CO)[C@@H](O)[C@@H](C[C@H]4O[C@H](CO)[C@@H](O)[C@H](O)[C@H]4O)[C@@H]3O)cc2)c1. The maximum atomic E-state index is 11.7. The number of amides is 1. The third-order valence-corrected chi connectivity index (χ3v) is 7.53. The van der Waals surface area contributed by atoms with Gasteiger partial charge in [0.05, 0.1) is 31.8 Å². The number of benzene rings is 2. The fourth-order valence-corrected chi connectivity index (χ4v) is 5.18. The Balaban J connectivity index is 1.47. The van der Waals surface area contributed by atoms with Crippen molar-refractivity contribution in [2.24, 2.45) is 5.92 Å². The molecular weight excluding hydrogens is 526 g/mol. The molecular formula is C28H37NO11. The Hall–Kier alpha value is -2.65. The number of likely N-dealkylation sites (N-methyl/N-ethyl adjacent to an activating group) is 1. The van der Waals surface area contributed by atoms with E-state index in [1.165, 1.54) is 0 Å². The van der Waals surface area contributed by atoms with Gasteiger partial charge in [-0.15, -0.1) is 0 Å². The van der Waals surface area contributed by atoms with E-state index in [2.05, 4.69) is 5.32 Å². The summed E-state index contributed by atoms with van der Waals surface area (Å²) in [7, 11) is 1.58. The highest BCUT2D eigenvalue weighted by molar-refractivity contribution is 5.79. The number of aliphatic hydroxyl groups is 7. The molecule has 0 bridgehead atoms. The summed E-state index contributed by atoms with van der Waals surface area (Å²) in [6.07, 6.45) is -12.1. The molecule has 0 unspecified atom stereocenters. The first-order valence-electron chi connectivity index (χ1n) is 13.2. The predicted molar refractivity (Wildman–Crippen MR) is 140 cm³/mol. The summed E-state index contributed by atoms with van der Waals surface area (Å²) in [6.45, 7) is -1.19. The zero-order chi connectivity index (χ0) is 29.0. The number of carbonyl (C=O) groups is 1. The van der Waals surface area contributed by atoms with E-state index >= 15 is 0 Å². The zero-order valence-electron chi connectivity index (χ0n) is 22.0. The maximum absolute atomic E-state index is 11.7. The number of nitrogens with one attached hydrogen (secondary N) is 1. The third-order valence-electron chi connectivity index (χ3n) is 7.53. The van der Waals surface area contributed by atoms with Crippen molar-refractivity contribution in [2.75, 3.05) is 20.3 Å². The Kier molecular flexibility index (Phi) is 10.1. The molecule has 2 fully saturated rings. The smallest absolute Gasteiger partial charge is 0.226 e. The lowest BCUT2D eigenvalue weighted by atomic mass is 9.81. The van der Waals surface area contributed by atoms with Crippen LogP contribution in [0.3, 0.4) is 0 Å². The highest BCUT2D eigenvalue weighted by Crippen LogP contribution is 2.35. The standard InChI is InChI=1S/C28H37NO11/c1-29-22(32)10-14-3-2-4-16(9-14)15-5-7-17(8-6-15)38-28-24(34)18(23(33)20(12-30)40-28)11-19-25(35)27(37)26(36)21(13-31)39-19/h2-9,18-21,23-28,30-31,33-37H,10-13H2,1H3,(H,29,32)/t18-,19-,20-,21-,23+,24+,25+,26-,27-,28+/m1/s1. The summed E-state index contributed by atoms with van der Waals surface area (Å²) < 4.78 is 17.0. The summed E-state index contributed by atoms with van der Waals surface area (Å²) in [5, 5.41) is 74.3. The summed E-state index contributed by atoms with van der Waals surface area (Å²) >= 11 is 0. The lowest BCUT2D eigenvalue weighted by Gasteiger charge is -2.46. The van der Waals surface area contributed by atoms with Gasteiger partial charge >= 0.3 is 0 Å². The molecule has 2 saturated heterocycles. The molecule has 0 aliphatic carbocycles. The Morgan fingerprint density at radius 3 is 2.10 bits per heavy atom. The molecule has 220 valence electrons. The number of hydrogen-bond donors (Lipinski definition) is 8. The summed E-state index contributed by atoms with van der Waals surface area (Å²) in [6, 6.07) is 14.5. The Morgan fingerprint density at radius 1 is 0.800 bits per heavy atom. The van der Waals surface area contributed by atoms with Crippen LogP contribution < -0.4 is 10.1 Å². The van der Waals surface area contributed by atoms with E-state index in [9.17, 15) is 40.5 Å². The van der Waals surface area contributed by atoms with E-state index in [0.29, 0.717) is 5.75 Å². The molecule has 2 aliphatic rings. The van der Waals surface area contributed by atoms with Crippen molar-refractivity contribution in [3.8, 4) is 16.9 Å². The fraction of sp³-hybridized carbons (Fsp3) is 0.536. The van der Waals surface area contributed by atoms with Gasteiger partial charge in [0.2, 0.25) is 12.2 Å². The number of aliphatic hydroxyl groups excluding tert-OH is 7. The molecule has 2 aromatic carbocycles. The molecule has 0 spiro atoms. The second-order valence-corrected chi connectivity index (χ2v) is 10.2. The van der Waals surface area contributed by atoms with Crippen LogP contribution in [0, 0.1) is 5.92 Å². The van der Waals surface area contributed by atoms with Crippen LogP contribution in [0.4, 0.5) is 0 Å². The van der Waals surface area contributed by atoms with E-state index in [1.807, 2.05) is 24.3 Å². The average molecular weight is 564 g/mol. The van der Waals surface area contributed by atoms with Gasteiger partial charge in [-0.2, -0.15) is 0 Å². The van der Waals surface area contributed by atoms with Crippen molar-refractivity contribution in [3.63, 3.8) is 0 Å². The normalized spacial score (nSPS) is 34.3. The molecule has 4 rings (SSSR count). The Labute approximate surface area is 231 Å². The highest BCUT2D eigenvalue weighted by Gasteiger charge is 2.50. The van der Waals surface area contributed by atoms with Crippen molar-refractivity contribution < 1.29 is 54.8 Å². The lowest BCUT2D eigenvalue weighted by molar-refractivity contribution is -0.278. The van der Waals surface area contributed by atoms with Gasteiger partial charge in [-0.25, -0.2) is 0 Å². The topological polar surface area (TPSA) is 198 Å². The molecule has 40 heavy (non-hydrogen) atoms. The van der Waals surface area contributed by atoms with Gasteiger partial charge in [-0.1, -0.05) is 36.4 Å². The van der Waals surface area contributed by atoms with Crippen LogP contribution in [0.1, 0.15) is 12.0 Å². The van der Waals surface area contributed by atoms with Gasteiger partial charge in [0.25, 0.3) is 0 Å². The molecule has 2 aliphatic heterocycles. The van der Waals surface area contributed by atoms with Gasteiger partial charge in [0.15, 0.2) is 0 Å². The van der Waals surface area contributed by atoms with Crippen LogP contribution in [0.5, 0.6) is 5.75 Å². The minimum absolute atomic E-state index is 0.0944. The van der Waals surface area contributed by atoms with E-state index in [4.69, 9.17) is 14.2 Å². The zero-order valence-corrected chi connectivity index (χ0v) is 22.0. The van der Waals surface area contributed by atoms with Crippen molar-refractivity contribution >= 4 is 5.91 Å². The van der Waals surface area contributed by atoms with E-state index < -0.39 is 74.3 Å². The maximum Gasteiger partial charge on any atom is 0.226 e. The first-order chi connectivity index (χ1) is 19.2. The minimum atomic E-state index is -1.60. The molecule has 0 aromatic heterocycles. The number of carbonyl (C=O) groups excluding carboxylic acids is 1. The first-order valence-corrected chi connectivity index (χ1v) is 13.2. The van der Waals surface area contributed by atoms with E-state index in [1.54, 1.807) is 31.3 Å². The molecule has 2 heterocycles. The Bertz CT molecular complexity index is 1110. The van der Waals surface area contributed by atoms with Gasteiger partial charge in [-0.05, 0) is 35.2 Å². The molecule has 10 atom stereocenters. The van der Waals surface area contributed by atoms with Gasteiger partial charge < -0.3 is 55.3 Å².